The predicted molar refractivity (Wildman–Crippen MR) is 120 cm³/mol. The normalized spacial score (nSPS) is 16.2. The van der Waals surface area contributed by atoms with Crippen molar-refractivity contribution in [1.82, 2.24) is 14.8 Å². The van der Waals surface area contributed by atoms with E-state index in [9.17, 15) is 4.79 Å². The fourth-order valence-corrected chi connectivity index (χ4v) is 4.57. The number of carbonyl (C=O) groups excluding carboxylic acids is 1. The molecular weight excluding hydrogens is 418 g/mol. The number of aromatic nitrogens is 3. The maximum absolute atomic E-state index is 12.8. The van der Waals surface area contributed by atoms with E-state index in [1.165, 1.54) is 11.8 Å². The molecule has 4 rings (SSSR count). The van der Waals surface area contributed by atoms with E-state index in [0.29, 0.717) is 17.3 Å². The molecule has 1 aliphatic rings. The van der Waals surface area contributed by atoms with Gasteiger partial charge >= 0.3 is 0 Å². The van der Waals surface area contributed by atoms with Crippen LogP contribution in [0.5, 0.6) is 0 Å². The molecule has 1 aliphatic heterocycles. The maximum Gasteiger partial charge on any atom is 0.192 e. The number of aryl methyl sites for hydroxylation is 2. The van der Waals surface area contributed by atoms with E-state index in [1.807, 2.05) is 56.3 Å². The molecule has 2 aromatic carbocycles. The molecule has 0 bridgehead atoms. The highest BCUT2D eigenvalue weighted by Gasteiger charge is 2.22. The number of ether oxygens (including phenoxy) is 1. The van der Waals surface area contributed by atoms with Gasteiger partial charge in [0.05, 0.1) is 18.4 Å². The van der Waals surface area contributed by atoms with E-state index >= 15 is 0 Å². The summed E-state index contributed by atoms with van der Waals surface area (Å²) in [5.74, 6) is 1.18. The van der Waals surface area contributed by atoms with Crippen molar-refractivity contribution in [3.63, 3.8) is 0 Å². The van der Waals surface area contributed by atoms with Crippen LogP contribution >= 0.6 is 23.4 Å². The summed E-state index contributed by atoms with van der Waals surface area (Å²) in [5, 5.41) is 10.2. The molecular formula is C23H24ClN3O2S. The summed E-state index contributed by atoms with van der Waals surface area (Å²) in [7, 11) is 0. The van der Waals surface area contributed by atoms with Gasteiger partial charge in [0.2, 0.25) is 0 Å². The Morgan fingerprint density at radius 1 is 1.20 bits per heavy atom. The van der Waals surface area contributed by atoms with Crippen LogP contribution in [0.25, 0.3) is 11.4 Å². The minimum absolute atomic E-state index is 0.0981. The van der Waals surface area contributed by atoms with Gasteiger partial charge in [-0.15, -0.1) is 10.2 Å². The van der Waals surface area contributed by atoms with Gasteiger partial charge < -0.3 is 4.74 Å². The minimum Gasteiger partial charge on any atom is -0.376 e. The lowest BCUT2D eigenvalue weighted by molar-refractivity contribution is 0.0953. The molecule has 1 atom stereocenters. The highest BCUT2D eigenvalue weighted by molar-refractivity contribution is 7.99. The summed E-state index contributed by atoms with van der Waals surface area (Å²) in [5.41, 5.74) is 3.79. The van der Waals surface area contributed by atoms with Crippen molar-refractivity contribution >= 4 is 29.1 Å². The van der Waals surface area contributed by atoms with Crippen LogP contribution in [0.1, 0.15) is 34.3 Å². The lowest BCUT2D eigenvalue weighted by atomic mass is 10.0. The van der Waals surface area contributed by atoms with Crippen LogP contribution in [0.3, 0.4) is 0 Å². The molecule has 0 N–H and O–H groups in total. The summed E-state index contributed by atoms with van der Waals surface area (Å²) in [4.78, 5) is 12.8. The molecule has 0 radical (unpaired) electrons. The molecule has 0 saturated carbocycles. The van der Waals surface area contributed by atoms with Gasteiger partial charge in [-0.25, -0.2) is 0 Å². The zero-order valence-electron chi connectivity index (χ0n) is 17.1. The van der Waals surface area contributed by atoms with E-state index in [2.05, 4.69) is 14.8 Å². The number of rotatable bonds is 7. The van der Waals surface area contributed by atoms with Gasteiger partial charge in [0, 0.05) is 22.8 Å². The van der Waals surface area contributed by atoms with Crippen LogP contribution in [0.4, 0.5) is 0 Å². The lowest BCUT2D eigenvalue weighted by Crippen LogP contribution is -2.17. The maximum atomic E-state index is 12.8. The Morgan fingerprint density at radius 3 is 2.73 bits per heavy atom. The Labute approximate surface area is 185 Å². The van der Waals surface area contributed by atoms with Gasteiger partial charge in [-0.2, -0.15) is 0 Å². The molecule has 1 fully saturated rings. The third kappa shape index (κ3) is 4.77. The first-order chi connectivity index (χ1) is 14.5. The van der Waals surface area contributed by atoms with Crippen LogP contribution in [-0.2, 0) is 11.3 Å². The second kappa shape index (κ2) is 9.33. The molecule has 0 amide bonds. The molecule has 1 aromatic heterocycles. The van der Waals surface area contributed by atoms with Gasteiger partial charge in [-0.3, -0.25) is 9.36 Å². The number of thioether (sulfide) groups is 1. The van der Waals surface area contributed by atoms with Crippen molar-refractivity contribution in [3.05, 3.63) is 64.2 Å². The molecule has 30 heavy (non-hydrogen) atoms. The number of nitrogens with zero attached hydrogens (tertiary/aromatic N) is 3. The van der Waals surface area contributed by atoms with Crippen LogP contribution < -0.4 is 0 Å². The highest BCUT2D eigenvalue weighted by Crippen LogP contribution is 2.28. The second-order valence-corrected chi connectivity index (χ2v) is 8.97. The molecule has 7 heteroatoms. The van der Waals surface area contributed by atoms with Crippen molar-refractivity contribution in [2.24, 2.45) is 0 Å². The van der Waals surface area contributed by atoms with Gasteiger partial charge in [-0.1, -0.05) is 41.1 Å². The average molecular weight is 442 g/mol. The first-order valence-corrected chi connectivity index (χ1v) is 11.4. The van der Waals surface area contributed by atoms with E-state index in [0.717, 1.165) is 52.7 Å². The van der Waals surface area contributed by atoms with Crippen LogP contribution in [0.2, 0.25) is 5.02 Å². The Bertz CT molecular complexity index is 1040. The van der Waals surface area contributed by atoms with Crippen molar-refractivity contribution in [2.45, 2.75) is 44.5 Å². The first-order valence-electron chi connectivity index (χ1n) is 10.1. The number of ketones is 1. The highest BCUT2D eigenvalue weighted by atomic mass is 35.5. The standard InChI is InChI=1S/C23H24ClN3O2S/c1-15-5-6-16(2)20(12-15)21(28)14-30-23-26-25-22(17-7-9-18(24)10-8-17)27(23)13-19-4-3-11-29-19/h5-10,12,19H,3-4,11,13-14H2,1-2H3. The summed E-state index contributed by atoms with van der Waals surface area (Å²) in [6.45, 7) is 5.43. The number of hydrogen-bond donors (Lipinski definition) is 0. The van der Waals surface area contributed by atoms with E-state index < -0.39 is 0 Å². The minimum atomic E-state index is 0.0981. The Balaban J connectivity index is 1.58. The topological polar surface area (TPSA) is 57.0 Å². The summed E-state index contributed by atoms with van der Waals surface area (Å²) in [6.07, 6.45) is 2.22. The van der Waals surface area contributed by atoms with Crippen molar-refractivity contribution in [2.75, 3.05) is 12.4 Å². The van der Waals surface area contributed by atoms with E-state index in [1.54, 1.807) is 0 Å². The summed E-state index contributed by atoms with van der Waals surface area (Å²) < 4.78 is 7.91. The van der Waals surface area contributed by atoms with Gasteiger partial charge in [0.1, 0.15) is 0 Å². The Hall–Kier alpha value is -2.15. The summed E-state index contributed by atoms with van der Waals surface area (Å²) in [6, 6.07) is 13.5. The number of hydrogen-bond acceptors (Lipinski definition) is 5. The van der Waals surface area contributed by atoms with Crippen molar-refractivity contribution in [1.29, 1.82) is 0 Å². The van der Waals surface area contributed by atoms with Gasteiger partial charge in [0.15, 0.2) is 16.8 Å². The zero-order valence-corrected chi connectivity index (χ0v) is 18.7. The molecule has 0 aliphatic carbocycles. The quantitative estimate of drug-likeness (QED) is 0.364. The zero-order chi connectivity index (χ0) is 21.1. The van der Waals surface area contributed by atoms with E-state index in [-0.39, 0.29) is 11.9 Å². The Morgan fingerprint density at radius 2 is 2.00 bits per heavy atom. The second-order valence-electron chi connectivity index (χ2n) is 7.59. The van der Waals surface area contributed by atoms with Crippen molar-refractivity contribution in [3.8, 4) is 11.4 Å². The molecule has 156 valence electrons. The number of benzene rings is 2. The SMILES string of the molecule is Cc1ccc(C)c(C(=O)CSc2nnc(-c3ccc(Cl)cc3)n2CC2CCCO2)c1. The smallest absolute Gasteiger partial charge is 0.192 e. The van der Waals surface area contributed by atoms with Crippen LogP contribution in [-0.4, -0.2) is 39.0 Å². The molecule has 2 heterocycles. The molecule has 3 aromatic rings. The van der Waals surface area contributed by atoms with Gasteiger partial charge in [0.25, 0.3) is 0 Å². The lowest BCUT2D eigenvalue weighted by Gasteiger charge is -2.15. The average Bonchev–Trinajstić information content (AvgIpc) is 3.39. The van der Waals surface area contributed by atoms with Crippen LogP contribution in [0.15, 0.2) is 47.6 Å². The number of carbonyl (C=O) groups is 1. The first kappa shape index (κ1) is 21.1. The number of halogens is 1. The number of Topliss-reactive ketones (excluding diaryl/α,β-unsaturated/α-hetero) is 1. The van der Waals surface area contributed by atoms with Gasteiger partial charge in [-0.05, 0) is 62.6 Å². The molecule has 0 spiro atoms. The Kier molecular flexibility index (Phi) is 6.56. The van der Waals surface area contributed by atoms with Crippen LogP contribution in [0, 0.1) is 13.8 Å². The van der Waals surface area contributed by atoms with E-state index in [4.69, 9.17) is 16.3 Å². The fourth-order valence-electron chi connectivity index (χ4n) is 3.61. The fraction of sp³-hybridized carbons (Fsp3) is 0.348. The third-order valence-corrected chi connectivity index (χ3v) is 6.47. The molecule has 1 unspecified atom stereocenters. The molecule has 5 nitrogen and oxygen atoms in total. The molecule has 1 saturated heterocycles. The largest absolute Gasteiger partial charge is 0.376 e. The predicted octanol–water partition coefficient (Wildman–Crippen LogP) is 5.37. The summed E-state index contributed by atoms with van der Waals surface area (Å²) >= 11 is 7.47. The van der Waals surface area contributed by atoms with Crippen molar-refractivity contribution < 1.29 is 9.53 Å². The monoisotopic (exact) mass is 441 g/mol. The third-order valence-electron chi connectivity index (χ3n) is 5.26.